The van der Waals surface area contributed by atoms with Crippen molar-refractivity contribution < 1.29 is 16.8 Å². The molecule has 0 atom stereocenters. The van der Waals surface area contributed by atoms with Crippen LogP contribution in [-0.2, 0) is 26.5 Å². The lowest BCUT2D eigenvalue weighted by Gasteiger charge is -2.12. The highest BCUT2D eigenvalue weighted by molar-refractivity contribution is 7.92. The van der Waals surface area contributed by atoms with Crippen LogP contribution in [-0.4, -0.2) is 35.2 Å². The van der Waals surface area contributed by atoms with Crippen molar-refractivity contribution in [1.29, 1.82) is 0 Å². The standard InChI is InChI=1S/C17H22N2O4S2/c1-4-5-14-6-10-16(11-7-14)24(20,21)18-15-8-12-17(13-9-15)25(22,23)19(2)3/h6-13,18H,4-5H2,1-3H3. The molecule has 6 nitrogen and oxygen atoms in total. The van der Waals surface area contributed by atoms with E-state index in [0.717, 1.165) is 22.7 Å². The maximum Gasteiger partial charge on any atom is 0.261 e. The Bertz CT molecular complexity index is 918. The van der Waals surface area contributed by atoms with Crippen molar-refractivity contribution in [1.82, 2.24) is 4.31 Å². The van der Waals surface area contributed by atoms with Gasteiger partial charge in [-0.1, -0.05) is 25.5 Å². The fourth-order valence-electron chi connectivity index (χ4n) is 2.24. The van der Waals surface area contributed by atoms with Crippen LogP contribution in [0.4, 0.5) is 5.69 Å². The van der Waals surface area contributed by atoms with Crippen LogP contribution in [0.15, 0.2) is 58.3 Å². The molecule has 2 aromatic carbocycles. The summed E-state index contributed by atoms with van der Waals surface area (Å²) in [6.07, 6.45) is 1.89. The third-order valence-corrected chi connectivity index (χ3v) is 6.88. The third kappa shape index (κ3) is 4.59. The third-order valence-electron chi connectivity index (χ3n) is 3.66. The largest absolute Gasteiger partial charge is 0.280 e. The van der Waals surface area contributed by atoms with E-state index in [1.54, 1.807) is 24.3 Å². The molecule has 0 radical (unpaired) electrons. The highest BCUT2D eigenvalue weighted by atomic mass is 32.2. The van der Waals surface area contributed by atoms with E-state index < -0.39 is 20.0 Å². The van der Waals surface area contributed by atoms with Gasteiger partial charge in [-0.25, -0.2) is 21.1 Å². The van der Waals surface area contributed by atoms with Crippen molar-refractivity contribution in [3.05, 3.63) is 54.1 Å². The second-order valence-electron chi connectivity index (χ2n) is 5.81. The zero-order valence-corrected chi connectivity index (χ0v) is 16.1. The SMILES string of the molecule is CCCc1ccc(S(=O)(=O)Nc2ccc(S(=O)(=O)N(C)C)cc2)cc1. The molecule has 0 aromatic heterocycles. The van der Waals surface area contributed by atoms with Gasteiger partial charge in [-0.2, -0.15) is 0 Å². The van der Waals surface area contributed by atoms with E-state index in [4.69, 9.17) is 0 Å². The second-order valence-corrected chi connectivity index (χ2v) is 9.65. The average molecular weight is 383 g/mol. The molecule has 0 aliphatic carbocycles. The molecule has 136 valence electrons. The topological polar surface area (TPSA) is 83.5 Å². The molecule has 0 fully saturated rings. The molecule has 0 amide bonds. The number of rotatable bonds is 7. The van der Waals surface area contributed by atoms with Crippen LogP contribution in [0.25, 0.3) is 0 Å². The lowest BCUT2D eigenvalue weighted by atomic mass is 10.1. The summed E-state index contributed by atoms with van der Waals surface area (Å²) in [5.74, 6) is 0. The van der Waals surface area contributed by atoms with Gasteiger partial charge in [0.25, 0.3) is 10.0 Å². The number of anilines is 1. The Kier molecular flexibility index (Phi) is 5.87. The summed E-state index contributed by atoms with van der Waals surface area (Å²) >= 11 is 0. The first-order valence-corrected chi connectivity index (χ1v) is 10.7. The van der Waals surface area contributed by atoms with Gasteiger partial charge in [-0.3, -0.25) is 4.72 Å². The number of hydrogen-bond donors (Lipinski definition) is 1. The summed E-state index contributed by atoms with van der Waals surface area (Å²) in [4.78, 5) is 0.265. The average Bonchev–Trinajstić information content (AvgIpc) is 2.55. The molecule has 0 saturated carbocycles. The van der Waals surface area contributed by atoms with Gasteiger partial charge in [0.1, 0.15) is 0 Å². The fourth-order valence-corrected chi connectivity index (χ4v) is 4.20. The van der Waals surface area contributed by atoms with Crippen LogP contribution in [0.5, 0.6) is 0 Å². The molecule has 2 rings (SSSR count). The van der Waals surface area contributed by atoms with Crippen molar-refractivity contribution in [2.24, 2.45) is 0 Å². The highest BCUT2D eigenvalue weighted by Gasteiger charge is 2.18. The van der Waals surface area contributed by atoms with Gasteiger partial charge in [-0.05, 0) is 48.4 Å². The number of benzene rings is 2. The van der Waals surface area contributed by atoms with Crippen molar-refractivity contribution in [2.45, 2.75) is 29.6 Å². The normalized spacial score (nSPS) is 12.3. The molecule has 2 aromatic rings. The predicted octanol–water partition coefficient (Wildman–Crippen LogP) is 2.69. The Balaban J connectivity index is 2.20. The molecule has 0 aliphatic rings. The maximum absolute atomic E-state index is 12.4. The van der Waals surface area contributed by atoms with E-state index in [1.165, 1.54) is 38.4 Å². The molecule has 0 saturated heterocycles. The second kappa shape index (κ2) is 7.55. The Labute approximate surface area is 149 Å². The van der Waals surface area contributed by atoms with E-state index >= 15 is 0 Å². The van der Waals surface area contributed by atoms with Crippen molar-refractivity contribution in [2.75, 3.05) is 18.8 Å². The van der Waals surface area contributed by atoms with E-state index in [-0.39, 0.29) is 9.79 Å². The molecule has 1 N–H and O–H groups in total. The van der Waals surface area contributed by atoms with Crippen LogP contribution in [0, 0.1) is 0 Å². The van der Waals surface area contributed by atoms with Crippen LogP contribution >= 0.6 is 0 Å². The maximum atomic E-state index is 12.4. The predicted molar refractivity (Wildman–Crippen MR) is 98.6 cm³/mol. The minimum Gasteiger partial charge on any atom is -0.280 e. The lowest BCUT2D eigenvalue weighted by molar-refractivity contribution is 0.521. The smallest absolute Gasteiger partial charge is 0.261 e. The molecule has 0 spiro atoms. The molecule has 0 unspecified atom stereocenters. The van der Waals surface area contributed by atoms with Gasteiger partial charge >= 0.3 is 0 Å². The summed E-state index contributed by atoms with van der Waals surface area (Å²) < 4.78 is 52.5. The van der Waals surface area contributed by atoms with Crippen molar-refractivity contribution in [3.8, 4) is 0 Å². The molecule has 0 bridgehead atoms. The van der Waals surface area contributed by atoms with Crippen LogP contribution in [0.3, 0.4) is 0 Å². The Morgan fingerprint density at radius 1 is 0.840 bits per heavy atom. The first-order valence-electron chi connectivity index (χ1n) is 7.81. The Morgan fingerprint density at radius 2 is 1.36 bits per heavy atom. The van der Waals surface area contributed by atoms with Gasteiger partial charge in [0, 0.05) is 19.8 Å². The minimum absolute atomic E-state index is 0.101. The van der Waals surface area contributed by atoms with Gasteiger partial charge in [-0.15, -0.1) is 0 Å². The Morgan fingerprint density at radius 3 is 1.84 bits per heavy atom. The van der Waals surface area contributed by atoms with Crippen LogP contribution < -0.4 is 4.72 Å². The number of sulfonamides is 2. The highest BCUT2D eigenvalue weighted by Crippen LogP contribution is 2.20. The van der Waals surface area contributed by atoms with E-state index in [9.17, 15) is 16.8 Å². The summed E-state index contributed by atoms with van der Waals surface area (Å²) in [7, 11) is -4.39. The molecular formula is C17H22N2O4S2. The number of nitrogens with zero attached hydrogens (tertiary/aromatic N) is 1. The molecule has 8 heteroatoms. The Hall–Kier alpha value is -1.90. The first kappa shape index (κ1) is 19.4. The van der Waals surface area contributed by atoms with Crippen molar-refractivity contribution >= 4 is 25.7 Å². The molecular weight excluding hydrogens is 360 g/mol. The molecule has 25 heavy (non-hydrogen) atoms. The zero-order valence-electron chi connectivity index (χ0n) is 14.4. The summed E-state index contributed by atoms with van der Waals surface area (Å²) in [6, 6.07) is 12.3. The minimum atomic E-state index is -3.72. The summed E-state index contributed by atoms with van der Waals surface area (Å²) in [5, 5.41) is 0. The van der Waals surface area contributed by atoms with Gasteiger partial charge < -0.3 is 0 Å². The lowest BCUT2D eigenvalue weighted by Crippen LogP contribution is -2.22. The van der Waals surface area contributed by atoms with Crippen LogP contribution in [0.1, 0.15) is 18.9 Å². The van der Waals surface area contributed by atoms with Gasteiger partial charge in [0.2, 0.25) is 10.0 Å². The number of aryl methyl sites for hydroxylation is 1. The molecule has 0 heterocycles. The van der Waals surface area contributed by atoms with E-state index in [2.05, 4.69) is 11.6 Å². The van der Waals surface area contributed by atoms with E-state index in [1.807, 2.05) is 0 Å². The van der Waals surface area contributed by atoms with Gasteiger partial charge in [0.05, 0.1) is 9.79 Å². The van der Waals surface area contributed by atoms with Crippen molar-refractivity contribution in [3.63, 3.8) is 0 Å². The summed E-state index contributed by atoms with van der Waals surface area (Å²) in [6.45, 7) is 2.06. The monoisotopic (exact) mass is 382 g/mol. The quantitative estimate of drug-likeness (QED) is 0.798. The van der Waals surface area contributed by atoms with Gasteiger partial charge in [0.15, 0.2) is 0 Å². The number of nitrogens with one attached hydrogen (secondary N) is 1. The zero-order chi connectivity index (χ0) is 18.7. The first-order chi connectivity index (χ1) is 11.7. The summed E-state index contributed by atoms with van der Waals surface area (Å²) in [5.41, 5.74) is 1.38. The van der Waals surface area contributed by atoms with E-state index in [0.29, 0.717) is 5.69 Å². The number of hydrogen-bond acceptors (Lipinski definition) is 4. The van der Waals surface area contributed by atoms with Crippen LogP contribution in [0.2, 0.25) is 0 Å². The molecule has 0 aliphatic heterocycles. The fraction of sp³-hybridized carbons (Fsp3) is 0.294.